The van der Waals surface area contributed by atoms with Crippen LogP contribution in [0.5, 0.6) is 5.88 Å². The molecule has 0 saturated heterocycles. The maximum atomic E-state index is 8.52. The predicted molar refractivity (Wildman–Crippen MR) is 41.3 cm³/mol. The Kier molecular flexibility index (Phi) is 3.51. The van der Waals surface area contributed by atoms with Gasteiger partial charge in [-0.05, 0) is 6.07 Å². The Morgan fingerprint density at radius 3 is 2.38 bits per heavy atom. The summed E-state index contributed by atoms with van der Waals surface area (Å²) in [6.07, 6.45) is 1.54. The van der Waals surface area contributed by atoms with E-state index in [9.17, 15) is 0 Å². The molecular formula is C5H6INO. The van der Waals surface area contributed by atoms with E-state index in [-0.39, 0.29) is 29.9 Å². The Labute approximate surface area is 64.6 Å². The Balaban J connectivity index is 0.000000490. The van der Waals surface area contributed by atoms with Crippen LogP contribution in [0, 0.1) is 0 Å². The van der Waals surface area contributed by atoms with E-state index in [2.05, 4.69) is 4.98 Å². The van der Waals surface area contributed by atoms with E-state index in [1.54, 1.807) is 12.1 Å². The molecule has 1 aromatic heterocycles. The van der Waals surface area contributed by atoms with Crippen molar-refractivity contribution in [2.24, 2.45) is 0 Å². The minimum Gasteiger partial charge on any atom is -0.493 e. The maximum Gasteiger partial charge on any atom is 0.210 e. The van der Waals surface area contributed by atoms with Gasteiger partial charge in [0.05, 0.1) is 0 Å². The van der Waals surface area contributed by atoms with Crippen LogP contribution >= 0.6 is 24.0 Å². The Hall–Kier alpha value is -0.320. The molecule has 1 rings (SSSR count). The van der Waals surface area contributed by atoms with Gasteiger partial charge in [0.1, 0.15) is 0 Å². The number of aromatic hydroxyl groups is 1. The van der Waals surface area contributed by atoms with Crippen molar-refractivity contribution in [3.8, 4) is 5.88 Å². The minimum atomic E-state index is 0. The highest BCUT2D eigenvalue weighted by molar-refractivity contribution is 14.0. The van der Waals surface area contributed by atoms with Crippen LogP contribution in [-0.4, -0.2) is 10.1 Å². The molecule has 0 aliphatic carbocycles. The molecule has 0 unspecified atom stereocenters. The highest BCUT2D eigenvalue weighted by Gasteiger charge is 1.76. The summed E-state index contributed by atoms with van der Waals surface area (Å²) in [5, 5.41) is 8.52. The van der Waals surface area contributed by atoms with E-state index in [4.69, 9.17) is 5.11 Å². The van der Waals surface area contributed by atoms with Crippen LogP contribution in [0.2, 0.25) is 0 Å². The average molecular weight is 223 g/mol. The van der Waals surface area contributed by atoms with Gasteiger partial charge in [-0.2, -0.15) is 0 Å². The van der Waals surface area contributed by atoms with Gasteiger partial charge in [-0.3, -0.25) is 0 Å². The van der Waals surface area contributed by atoms with E-state index in [0.29, 0.717) is 0 Å². The van der Waals surface area contributed by atoms with Gasteiger partial charge < -0.3 is 5.11 Å². The molecule has 1 heterocycles. The van der Waals surface area contributed by atoms with Crippen LogP contribution < -0.4 is 0 Å². The molecule has 0 bridgehead atoms. The standard InChI is InChI=1S/C5H5NO.HI/c7-5-3-1-2-4-6-5;/h1-4H,(H,6,7);1H. The molecule has 44 valence electrons. The molecule has 0 aliphatic heterocycles. The van der Waals surface area contributed by atoms with Crippen molar-refractivity contribution < 1.29 is 5.11 Å². The Bertz CT molecular complexity index is 142. The number of rotatable bonds is 0. The quantitative estimate of drug-likeness (QED) is 0.674. The fourth-order valence-electron chi connectivity index (χ4n) is 0.354. The molecule has 0 saturated carbocycles. The van der Waals surface area contributed by atoms with Gasteiger partial charge in [-0.1, -0.05) is 6.07 Å². The lowest BCUT2D eigenvalue weighted by molar-refractivity contribution is 0.453. The zero-order valence-electron chi connectivity index (χ0n) is 4.11. The lowest BCUT2D eigenvalue weighted by atomic mass is 10.5. The van der Waals surface area contributed by atoms with Crippen LogP contribution in [0.4, 0.5) is 0 Å². The summed E-state index contributed by atoms with van der Waals surface area (Å²) in [5.74, 6) is 0.0718. The number of pyridine rings is 1. The topological polar surface area (TPSA) is 33.1 Å². The smallest absolute Gasteiger partial charge is 0.210 e. The van der Waals surface area contributed by atoms with Crippen molar-refractivity contribution in [2.75, 3.05) is 0 Å². The van der Waals surface area contributed by atoms with Crippen molar-refractivity contribution in [2.45, 2.75) is 0 Å². The zero-order chi connectivity index (χ0) is 5.11. The monoisotopic (exact) mass is 223 g/mol. The minimum absolute atomic E-state index is 0. The lowest BCUT2D eigenvalue weighted by Gasteiger charge is -1.81. The fourth-order valence-corrected chi connectivity index (χ4v) is 0.354. The summed E-state index contributed by atoms with van der Waals surface area (Å²) in [7, 11) is 0. The SMILES string of the molecule is I.Oc1ccccn1. The molecule has 2 nitrogen and oxygen atoms in total. The number of nitrogens with zero attached hydrogens (tertiary/aromatic N) is 1. The molecule has 1 aromatic rings. The lowest BCUT2D eigenvalue weighted by Crippen LogP contribution is -1.66. The summed E-state index contributed by atoms with van der Waals surface area (Å²) in [6, 6.07) is 5.00. The predicted octanol–water partition coefficient (Wildman–Crippen LogP) is 1.41. The van der Waals surface area contributed by atoms with Crippen LogP contribution in [-0.2, 0) is 0 Å². The number of aromatic nitrogens is 1. The average Bonchev–Trinajstić information content (AvgIpc) is 1.69. The summed E-state index contributed by atoms with van der Waals surface area (Å²) in [6.45, 7) is 0. The fraction of sp³-hybridized carbons (Fsp3) is 0. The number of hydrogen-bond donors (Lipinski definition) is 1. The highest BCUT2D eigenvalue weighted by atomic mass is 127. The second kappa shape index (κ2) is 3.65. The molecule has 0 aliphatic rings. The summed E-state index contributed by atoms with van der Waals surface area (Å²) in [4.78, 5) is 3.53. The molecule has 0 aromatic carbocycles. The van der Waals surface area contributed by atoms with Gasteiger partial charge in [-0.15, -0.1) is 24.0 Å². The van der Waals surface area contributed by atoms with Crippen LogP contribution in [0.1, 0.15) is 0 Å². The van der Waals surface area contributed by atoms with Gasteiger partial charge in [0.25, 0.3) is 0 Å². The maximum absolute atomic E-state index is 8.52. The molecular weight excluding hydrogens is 217 g/mol. The molecule has 0 spiro atoms. The summed E-state index contributed by atoms with van der Waals surface area (Å²) >= 11 is 0. The second-order valence-electron chi connectivity index (χ2n) is 1.19. The zero-order valence-corrected chi connectivity index (χ0v) is 6.44. The molecule has 0 fully saturated rings. The summed E-state index contributed by atoms with van der Waals surface area (Å²) < 4.78 is 0. The Morgan fingerprint density at radius 2 is 2.12 bits per heavy atom. The third kappa shape index (κ3) is 2.11. The molecule has 8 heavy (non-hydrogen) atoms. The van der Waals surface area contributed by atoms with E-state index in [0.717, 1.165) is 0 Å². The molecule has 3 heteroatoms. The number of halogens is 1. The van der Waals surface area contributed by atoms with Crippen molar-refractivity contribution >= 4 is 24.0 Å². The Morgan fingerprint density at radius 1 is 1.38 bits per heavy atom. The third-order valence-electron chi connectivity index (χ3n) is 0.649. The third-order valence-corrected chi connectivity index (χ3v) is 0.649. The van der Waals surface area contributed by atoms with E-state index in [1.165, 1.54) is 12.3 Å². The first-order valence-corrected chi connectivity index (χ1v) is 1.99. The van der Waals surface area contributed by atoms with Gasteiger partial charge in [-0.25, -0.2) is 4.98 Å². The second-order valence-corrected chi connectivity index (χ2v) is 1.19. The van der Waals surface area contributed by atoms with E-state index >= 15 is 0 Å². The molecule has 1 N–H and O–H groups in total. The van der Waals surface area contributed by atoms with E-state index < -0.39 is 0 Å². The van der Waals surface area contributed by atoms with Crippen molar-refractivity contribution in [3.63, 3.8) is 0 Å². The van der Waals surface area contributed by atoms with Gasteiger partial charge in [0.15, 0.2) is 0 Å². The summed E-state index contributed by atoms with van der Waals surface area (Å²) in [5.41, 5.74) is 0. The van der Waals surface area contributed by atoms with Gasteiger partial charge >= 0.3 is 0 Å². The normalized spacial score (nSPS) is 7.50. The molecule has 0 amide bonds. The number of hydrogen-bond acceptors (Lipinski definition) is 2. The van der Waals surface area contributed by atoms with Crippen molar-refractivity contribution in [1.82, 2.24) is 4.98 Å². The molecule has 0 radical (unpaired) electrons. The van der Waals surface area contributed by atoms with Crippen molar-refractivity contribution in [1.29, 1.82) is 0 Å². The first kappa shape index (κ1) is 7.68. The van der Waals surface area contributed by atoms with Gasteiger partial charge in [0, 0.05) is 12.3 Å². The molecule has 0 atom stereocenters. The van der Waals surface area contributed by atoms with Crippen LogP contribution in [0.25, 0.3) is 0 Å². The van der Waals surface area contributed by atoms with Crippen LogP contribution in [0.15, 0.2) is 24.4 Å². The first-order valence-electron chi connectivity index (χ1n) is 1.99. The van der Waals surface area contributed by atoms with Gasteiger partial charge in [0.2, 0.25) is 5.88 Å². The van der Waals surface area contributed by atoms with Crippen molar-refractivity contribution in [3.05, 3.63) is 24.4 Å². The van der Waals surface area contributed by atoms with Crippen LogP contribution in [0.3, 0.4) is 0 Å². The first-order chi connectivity index (χ1) is 3.39. The highest BCUT2D eigenvalue weighted by Crippen LogP contribution is 1.96. The largest absolute Gasteiger partial charge is 0.493 e. The van der Waals surface area contributed by atoms with E-state index in [1.807, 2.05) is 0 Å².